The largest absolute Gasteiger partial charge is 0.396 e. The van der Waals surface area contributed by atoms with E-state index in [4.69, 9.17) is 5.11 Å². The van der Waals surface area contributed by atoms with Crippen LogP contribution < -0.4 is 10.6 Å². The van der Waals surface area contributed by atoms with Gasteiger partial charge >= 0.3 is 0 Å². The summed E-state index contributed by atoms with van der Waals surface area (Å²) < 4.78 is 0. The normalized spacial score (nSPS) is 12.6. The van der Waals surface area contributed by atoms with Crippen LogP contribution in [0.4, 0.5) is 11.8 Å². The predicted octanol–water partition coefficient (Wildman–Crippen LogP) is 3.39. The minimum Gasteiger partial charge on any atom is -0.396 e. The van der Waals surface area contributed by atoms with E-state index in [-0.39, 0.29) is 12.6 Å². The third kappa shape index (κ3) is 4.28. The van der Waals surface area contributed by atoms with Gasteiger partial charge in [0.05, 0.1) is 5.39 Å². The zero-order valence-corrected chi connectivity index (χ0v) is 13.8. The highest BCUT2D eigenvalue weighted by Crippen LogP contribution is 2.30. The van der Waals surface area contributed by atoms with Gasteiger partial charge in [0.25, 0.3) is 0 Å². The third-order valence-corrected chi connectivity index (χ3v) is 4.17. The number of hydrogen-bond acceptors (Lipinski definition) is 6. The molecule has 21 heavy (non-hydrogen) atoms. The molecule has 0 saturated carbocycles. The first kappa shape index (κ1) is 16.0. The molecule has 0 aliphatic carbocycles. The van der Waals surface area contributed by atoms with E-state index in [2.05, 4.69) is 47.4 Å². The molecule has 5 nitrogen and oxygen atoms in total. The number of aliphatic hydroxyl groups excluding tert-OH is 1. The topological polar surface area (TPSA) is 70.1 Å². The molecule has 116 valence electrons. The number of anilines is 2. The second-order valence-corrected chi connectivity index (χ2v) is 6.54. The van der Waals surface area contributed by atoms with Gasteiger partial charge in [-0.1, -0.05) is 6.92 Å². The number of fused-ring (bicyclic) bond motifs is 1. The minimum atomic E-state index is 0.228. The van der Waals surface area contributed by atoms with Crippen LogP contribution in [0.2, 0.25) is 0 Å². The lowest BCUT2D eigenvalue weighted by atomic mass is 10.2. The number of rotatable bonds is 8. The highest BCUT2D eigenvalue weighted by Gasteiger charge is 2.12. The molecule has 1 unspecified atom stereocenters. The van der Waals surface area contributed by atoms with Gasteiger partial charge in [0, 0.05) is 24.1 Å². The minimum absolute atomic E-state index is 0.228. The van der Waals surface area contributed by atoms with Gasteiger partial charge in [-0.25, -0.2) is 4.98 Å². The summed E-state index contributed by atoms with van der Waals surface area (Å²) in [6.07, 6.45) is 2.76. The van der Waals surface area contributed by atoms with E-state index >= 15 is 0 Å². The van der Waals surface area contributed by atoms with Crippen LogP contribution in [-0.2, 0) is 0 Å². The van der Waals surface area contributed by atoms with Gasteiger partial charge in [-0.05, 0) is 39.2 Å². The summed E-state index contributed by atoms with van der Waals surface area (Å²) in [6, 6.07) is 2.40. The van der Waals surface area contributed by atoms with Gasteiger partial charge in [-0.3, -0.25) is 0 Å². The molecule has 0 spiro atoms. The monoisotopic (exact) mass is 308 g/mol. The van der Waals surface area contributed by atoms with E-state index in [1.54, 1.807) is 11.3 Å². The fourth-order valence-corrected chi connectivity index (χ4v) is 3.05. The quantitative estimate of drug-likeness (QED) is 0.697. The average Bonchev–Trinajstić information content (AvgIpc) is 2.83. The Morgan fingerprint density at radius 1 is 1.38 bits per heavy atom. The molecule has 0 fully saturated rings. The maximum Gasteiger partial charge on any atom is 0.226 e. The fraction of sp³-hybridized carbons (Fsp3) is 0.600. The van der Waals surface area contributed by atoms with Crippen molar-refractivity contribution in [2.24, 2.45) is 0 Å². The Bertz CT molecular complexity index is 584. The van der Waals surface area contributed by atoms with Crippen molar-refractivity contribution < 1.29 is 5.11 Å². The Balaban J connectivity index is 2.25. The summed E-state index contributed by atoms with van der Waals surface area (Å²) in [5.74, 6) is 1.57. The maximum atomic E-state index is 8.94. The summed E-state index contributed by atoms with van der Waals surface area (Å²) >= 11 is 1.69. The molecular formula is C15H24N4OS. The SMILES string of the molecule is CCCNc1nc(NC(C)CCCO)c2cc(C)sc2n1. The lowest BCUT2D eigenvalue weighted by Crippen LogP contribution is -2.17. The lowest BCUT2D eigenvalue weighted by Gasteiger charge is -2.15. The Labute approximate surface area is 129 Å². The van der Waals surface area contributed by atoms with Crippen LogP contribution in [0.5, 0.6) is 0 Å². The molecule has 0 bridgehead atoms. The van der Waals surface area contributed by atoms with Crippen molar-refractivity contribution >= 4 is 33.3 Å². The number of nitrogens with zero attached hydrogens (tertiary/aromatic N) is 2. The van der Waals surface area contributed by atoms with Gasteiger partial charge in [-0.2, -0.15) is 4.98 Å². The third-order valence-electron chi connectivity index (χ3n) is 3.23. The summed E-state index contributed by atoms with van der Waals surface area (Å²) in [7, 11) is 0. The van der Waals surface area contributed by atoms with E-state index in [0.29, 0.717) is 5.95 Å². The molecule has 0 saturated heterocycles. The highest BCUT2D eigenvalue weighted by molar-refractivity contribution is 7.18. The smallest absolute Gasteiger partial charge is 0.226 e. The van der Waals surface area contributed by atoms with Crippen LogP contribution in [0.1, 0.15) is 38.0 Å². The molecule has 3 N–H and O–H groups in total. The van der Waals surface area contributed by atoms with Crippen LogP contribution in [-0.4, -0.2) is 34.3 Å². The number of aryl methyl sites for hydroxylation is 1. The van der Waals surface area contributed by atoms with E-state index in [0.717, 1.165) is 41.8 Å². The van der Waals surface area contributed by atoms with Gasteiger partial charge < -0.3 is 15.7 Å². The molecule has 2 aromatic heterocycles. The molecule has 0 aliphatic rings. The van der Waals surface area contributed by atoms with Crippen LogP contribution in [0.3, 0.4) is 0 Å². The standard InChI is InChI=1S/C15H24N4OS/c1-4-7-16-15-18-13(17-10(2)6-5-8-20)12-9-11(3)21-14(12)19-15/h9-10,20H,4-8H2,1-3H3,(H2,16,17,18,19). The fourth-order valence-electron chi connectivity index (χ4n) is 2.17. The number of aliphatic hydroxyl groups is 1. The van der Waals surface area contributed by atoms with Crippen molar-refractivity contribution in [3.8, 4) is 0 Å². The molecule has 2 heterocycles. The van der Waals surface area contributed by atoms with E-state index < -0.39 is 0 Å². The Kier molecular flexibility index (Phi) is 5.76. The van der Waals surface area contributed by atoms with Crippen molar-refractivity contribution in [2.45, 2.75) is 46.1 Å². The van der Waals surface area contributed by atoms with E-state index in [1.807, 2.05) is 0 Å². The number of hydrogen-bond donors (Lipinski definition) is 3. The van der Waals surface area contributed by atoms with Gasteiger partial charge in [0.1, 0.15) is 10.6 Å². The molecule has 0 aliphatic heterocycles. The summed E-state index contributed by atoms with van der Waals surface area (Å²) in [4.78, 5) is 11.4. The first-order chi connectivity index (χ1) is 10.1. The maximum absolute atomic E-state index is 8.94. The predicted molar refractivity (Wildman–Crippen MR) is 90.3 cm³/mol. The number of aromatic nitrogens is 2. The molecular weight excluding hydrogens is 284 g/mol. The molecule has 0 amide bonds. The van der Waals surface area contributed by atoms with Crippen molar-refractivity contribution in [2.75, 3.05) is 23.8 Å². The van der Waals surface area contributed by atoms with Crippen molar-refractivity contribution in [3.63, 3.8) is 0 Å². The number of nitrogens with one attached hydrogen (secondary N) is 2. The second kappa shape index (κ2) is 7.56. The van der Waals surface area contributed by atoms with Gasteiger partial charge in [0.2, 0.25) is 5.95 Å². The highest BCUT2D eigenvalue weighted by atomic mass is 32.1. The number of thiophene rings is 1. The first-order valence-corrected chi connectivity index (χ1v) is 8.35. The van der Waals surface area contributed by atoms with Crippen LogP contribution in [0, 0.1) is 6.92 Å². The van der Waals surface area contributed by atoms with Gasteiger partial charge in [0.15, 0.2) is 0 Å². The van der Waals surface area contributed by atoms with Crippen LogP contribution in [0.15, 0.2) is 6.07 Å². The van der Waals surface area contributed by atoms with Gasteiger partial charge in [-0.15, -0.1) is 11.3 Å². The van der Waals surface area contributed by atoms with E-state index in [9.17, 15) is 0 Å². The van der Waals surface area contributed by atoms with E-state index in [1.165, 1.54) is 4.88 Å². The molecule has 6 heteroatoms. The molecule has 1 atom stereocenters. The van der Waals surface area contributed by atoms with Crippen molar-refractivity contribution in [3.05, 3.63) is 10.9 Å². The zero-order valence-electron chi connectivity index (χ0n) is 12.9. The van der Waals surface area contributed by atoms with Crippen molar-refractivity contribution in [1.29, 1.82) is 0 Å². The lowest BCUT2D eigenvalue weighted by molar-refractivity contribution is 0.282. The summed E-state index contributed by atoms with van der Waals surface area (Å²) in [5, 5.41) is 16.7. The Morgan fingerprint density at radius 3 is 2.90 bits per heavy atom. The zero-order chi connectivity index (χ0) is 15.2. The Morgan fingerprint density at radius 2 is 2.19 bits per heavy atom. The molecule has 0 aromatic carbocycles. The molecule has 2 aromatic rings. The Hall–Kier alpha value is -1.40. The van der Waals surface area contributed by atoms with Crippen molar-refractivity contribution in [1.82, 2.24) is 9.97 Å². The molecule has 0 radical (unpaired) electrons. The first-order valence-electron chi connectivity index (χ1n) is 7.53. The second-order valence-electron chi connectivity index (χ2n) is 5.31. The summed E-state index contributed by atoms with van der Waals surface area (Å²) in [5.41, 5.74) is 0. The molecule has 2 rings (SSSR count). The average molecular weight is 308 g/mol. The van der Waals surface area contributed by atoms with Crippen LogP contribution >= 0.6 is 11.3 Å². The summed E-state index contributed by atoms with van der Waals surface area (Å²) in [6.45, 7) is 7.42. The van der Waals surface area contributed by atoms with Crippen LogP contribution in [0.25, 0.3) is 10.2 Å².